The Hall–Kier alpha value is -0.850. The van der Waals surface area contributed by atoms with E-state index in [0.29, 0.717) is 0 Å². The smallest absolute Gasteiger partial charge is 0.152 e. The molecule has 0 bridgehead atoms. The van der Waals surface area contributed by atoms with E-state index in [1.165, 1.54) is 38.5 Å². The number of hydrogen-bond acceptors (Lipinski definition) is 1. The highest BCUT2D eigenvalue weighted by Crippen LogP contribution is 2.08. The van der Waals surface area contributed by atoms with Crippen molar-refractivity contribution in [2.24, 2.45) is 0 Å². The molecule has 86 valence electrons. The van der Waals surface area contributed by atoms with E-state index in [9.17, 15) is 4.79 Å². The Morgan fingerprint density at radius 2 is 1.53 bits per heavy atom. The van der Waals surface area contributed by atoms with Crippen LogP contribution in [-0.4, -0.2) is 5.78 Å². The molecule has 0 atom stereocenters. The molecule has 0 amide bonds. The zero-order chi connectivity index (χ0) is 11.4. The first kappa shape index (κ1) is 14.2. The summed E-state index contributed by atoms with van der Waals surface area (Å²) in [6.07, 6.45) is 15.6. The van der Waals surface area contributed by atoms with Crippen LogP contribution in [0.15, 0.2) is 24.8 Å². The summed E-state index contributed by atoms with van der Waals surface area (Å²) in [5, 5.41) is 0. The van der Waals surface area contributed by atoms with Crippen LogP contribution in [0.5, 0.6) is 0 Å². The average Bonchev–Trinajstić information content (AvgIpc) is 2.20. The number of carbonyl (C=O) groups excluding carboxylic acids is 1. The van der Waals surface area contributed by atoms with Crippen molar-refractivity contribution in [3.8, 4) is 0 Å². The summed E-state index contributed by atoms with van der Waals surface area (Å²) in [6, 6.07) is 0. The monoisotopic (exact) mass is 208 g/mol. The summed E-state index contributed by atoms with van der Waals surface area (Å²) >= 11 is 0. The van der Waals surface area contributed by atoms with Gasteiger partial charge in [-0.3, -0.25) is 4.79 Å². The van der Waals surface area contributed by atoms with Crippen molar-refractivity contribution >= 4 is 5.78 Å². The molecule has 0 spiro atoms. The molecule has 15 heavy (non-hydrogen) atoms. The predicted molar refractivity (Wildman–Crippen MR) is 67.0 cm³/mol. The molecule has 0 aromatic carbocycles. The van der Waals surface area contributed by atoms with Crippen LogP contribution < -0.4 is 0 Å². The van der Waals surface area contributed by atoms with E-state index < -0.39 is 0 Å². The van der Waals surface area contributed by atoms with Crippen molar-refractivity contribution < 1.29 is 4.79 Å². The third-order valence-corrected chi connectivity index (χ3v) is 2.38. The number of hydrogen-bond donors (Lipinski definition) is 0. The zero-order valence-electron chi connectivity index (χ0n) is 10.0. The standard InChI is InChI=1S/C14H24O/c1-3-4-5-6-7-8-9-10-11-12-13-14(2)15/h3,12-13H,1,4-11H2,2H3. The van der Waals surface area contributed by atoms with E-state index >= 15 is 0 Å². The summed E-state index contributed by atoms with van der Waals surface area (Å²) in [7, 11) is 0. The fourth-order valence-corrected chi connectivity index (χ4v) is 1.51. The average molecular weight is 208 g/mol. The topological polar surface area (TPSA) is 17.1 Å². The first-order valence-corrected chi connectivity index (χ1v) is 6.05. The number of allylic oxidation sites excluding steroid dienone is 3. The van der Waals surface area contributed by atoms with E-state index in [1.807, 2.05) is 12.2 Å². The van der Waals surface area contributed by atoms with Gasteiger partial charge < -0.3 is 0 Å². The molecule has 0 aliphatic rings. The third kappa shape index (κ3) is 13.2. The second-order valence-corrected chi connectivity index (χ2v) is 4.00. The van der Waals surface area contributed by atoms with Gasteiger partial charge in [0.2, 0.25) is 0 Å². The lowest BCUT2D eigenvalue weighted by Crippen LogP contribution is -1.81. The quantitative estimate of drug-likeness (QED) is 0.295. The van der Waals surface area contributed by atoms with Crippen LogP contribution in [-0.2, 0) is 4.79 Å². The van der Waals surface area contributed by atoms with Crippen LogP contribution in [0, 0.1) is 0 Å². The molecule has 0 rings (SSSR count). The fraction of sp³-hybridized carbons (Fsp3) is 0.643. The zero-order valence-corrected chi connectivity index (χ0v) is 10.0. The molecule has 0 heterocycles. The molecular weight excluding hydrogens is 184 g/mol. The lowest BCUT2D eigenvalue weighted by molar-refractivity contribution is -0.112. The molecule has 0 fully saturated rings. The van der Waals surface area contributed by atoms with Crippen LogP contribution in [0.1, 0.15) is 58.3 Å². The first-order chi connectivity index (χ1) is 7.27. The van der Waals surface area contributed by atoms with Crippen molar-refractivity contribution in [3.63, 3.8) is 0 Å². The van der Waals surface area contributed by atoms with Gasteiger partial charge in [0.1, 0.15) is 0 Å². The van der Waals surface area contributed by atoms with Gasteiger partial charge in [-0.05, 0) is 38.7 Å². The highest BCUT2D eigenvalue weighted by atomic mass is 16.1. The number of ketones is 1. The van der Waals surface area contributed by atoms with Gasteiger partial charge in [0.25, 0.3) is 0 Å². The molecule has 1 nitrogen and oxygen atoms in total. The lowest BCUT2D eigenvalue weighted by atomic mass is 10.1. The van der Waals surface area contributed by atoms with E-state index in [2.05, 4.69) is 6.58 Å². The Balaban J connectivity index is 3.05. The Kier molecular flexibility index (Phi) is 10.6. The largest absolute Gasteiger partial charge is 0.295 e. The Morgan fingerprint density at radius 3 is 2.07 bits per heavy atom. The highest BCUT2D eigenvalue weighted by Gasteiger charge is 1.89. The molecule has 0 aromatic heterocycles. The fourth-order valence-electron chi connectivity index (χ4n) is 1.51. The summed E-state index contributed by atoms with van der Waals surface area (Å²) in [5.74, 6) is 0.152. The van der Waals surface area contributed by atoms with E-state index in [-0.39, 0.29) is 5.78 Å². The van der Waals surface area contributed by atoms with Gasteiger partial charge in [0.05, 0.1) is 0 Å². The minimum absolute atomic E-state index is 0.152. The summed E-state index contributed by atoms with van der Waals surface area (Å²) < 4.78 is 0. The van der Waals surface area contributed by atoms with Crippen LogP contribution >= 0.6 is 0 Å². The molecule has 1 heteroatoms. The van der Waals surface area contributed by atoms with Gasteiger partial charge in [-0.15, -0.1) is 6.58 Å². The van der Waals surface area contributed by atoms with Crippen LogP contribution in [0.2, 0.25) is 0 Å². The minimum Gasteiger partial charge on any atom is -0.295 e. The molecule has 0 saturated heterocycles. The molecule has 0 saturated carbocycles. The molecule has 0 aliphatic heterocycles. The van der Waals surface area contributed by atoms with E-state index in [4.69, 9.17) is 0 Å². The molecule has 0 aliphatic carbocycles. The maximum absolute atomic E-state index is 10.6. The highest BCUT2D eigenvalue weighted by molar-refractivity contribution is 5.87. The summed E-state index contributed by atoms with van der Waals surface area (Å²) in [6.45, 7) is 5.30. The van der Waals surface area contributed by atoms with Gasteiger partial charge in [0.15, 0.2) is 5.78 Å². The Bertz CT molecular complexity index is 192. The maximum Gasteiger partial charge on any atom is 0.152 e. The molecule has 0 unspecified atom stereocenters. The van der Waals surface area contributed by atoms with Gasteiger partial charge in [-0.2, -0.15) is 0 Å². The Morgan fingerprint density at radius 1 is 1.00 bits per heavy atom. The van der Waals surface area contributed by atoms with Gasteiger partial charge in [-0.1, -0.05) is 37.8 Å². The SMILES string of the molecule is C=CCCCCCCCCC=CC(C)=O. The lowest BCUT2D eigenvalue weighted by Gasteiger charge is -1.98. The second kappa shape index (κ2) is 11.2. The maximum atomic E-state index is 10.6. The van der Waals surface area contributed by atoms with Gasteiger partial charge in [0, 0.05) is 0 Å². The van der Waals surface area contributed by atoms with Crippen molar-refractivity contribution in [1.82, 2.24) is 0 Å². The molecule has 0 radical (unpaired) electrons. The van der Waals surface area contributed by atoms with Crippen molar-refractivity contribution in [2.45, 2.75) is 58.3 Å². The number of carbonyl (C=O) groups is 1. The van der Waals surface area contributed by atoms with Crippen LogP contribution in [0.25, 0.3) is 0 Å². The van der Waals surface area contributed by atoms with Crippen molar-refractivity contribution in [2.75, 3.05) is 0 Å². The predicted octanol–water partition coefficient (Wildman–Crippen LogP) is 4.44. The molecular formula is C14H24O. The van der Waals surface area contributed by atoms with Gasteiger partial charge >= 0.3 is 0 Å². The van der Waals surface area contributed by atoms with E-state index in [1.54, 1.807) is 13.0 Å². The number of rotatable bonds is 10. The minimum atomic E-state index is 0.152. The second-order valence-electron chi connectivity index (χ2n) is 4.00. The third-order valence-electron chi connectivity index (χ3n) is 2.38. The first-order valence-electron chi connectivity index (χ1n) is 6.05. The van der Waals surface area contributed by atoms with Crippen molar-refractivity contribution in [3.05, 3.63) is 24.8 Å². The molecule has 0 N–H and O–H groups in total. The summed E-state index contributed by atoms with van der Waals surface area (Å²) in [4.78, 5) is 10.6. The van der Waals surface area contributed by atoms with Gasteiger partial charge in [-0.25, -0.2) is 0 Å². The van der Waals surface area contributed by atoms with Crippen LogP contribution in [0.3, 0.4) is 0 Å². The number of unbranched alkanes of at least 4 members (excludes halogenated alkanes) is 7. The van der Waals surface area contributed by atoms with E-state index in [0.717, 1.165) is 12.8 Å². The summed E-state index contributed by atoms with van der Waals surface area (Å²) in [5.41, 5.74) is 0. The molecule has 0 aromatic rings. The van der Waals surface area contributed by atoms with Crippen molar-refractivity contribution in [1.29, 1.82) is 0 Å². The van der Waals surface area contributed by atoms with Crippen LogP contribution in [0.4, 0.5) is 0 Å². The normalized spacial score (nSPS) is 10.7. The Labute approximate surface area is 94.3 Å².